The normalized spacial score (nSPS) is 8.00. The Hall–Kier alpha value is -4.46. The van der Waals surface area contributed by atoms with Gasteiger partial charge in [-0.05, 0) is 97.6 Å². The van der Waals surface area contributed by atoms with Crippen LogP contribution in [0.1, 0.15) is 126 Å². The predicted molar refractivity (Wildman–Crippen MR) is 219 cm³/mol. The van der Waals surface area contributed by atoms with E-state index in [1.807, 2.05) is 176 Å². The zero-order valence-electron chi connectivity index (χ0n) is 35.5. The fraction of sp³-hybridized carbons (Fsp3) is 0.476. The molecule has 5 aromatic heterocycles. The molecule has 0 aliphatic heterocycles. The molecule has 0 aromatic carbocycles. The Labute approximate surface area is 308 Å². The fourth-order valence-electron chi connectivity index (χ4n) is 2.75. The molecule has 0 amide bonds. The Balaban J connectivity index is -0.000000158. The number of aromatic nitrogens is 8. The molecule has 0 unspecified atom stereocenters. The maximum atomic E-state index is 4.11. The quantitative estimate of drug-likeness (QED) is 0.158. The van der Waals surface area contributed by atoms with E-state index in [1.165, 1.54) is 16.7 Å². The molecule has 0 saturated heterocycles. The maximum absolute atomic E-state index is 4.11. The third-order valence-electron chi connectivity index (χ3n) is 4.77. The van der Waals surface area contributed by atoms with Gasteiger partial charge in [0.05, 0.1) is 22.8 Å². The van der Waals surface area contributed by atoms with Crippen LogP contribution in [0.15, 0.2) is 74.0 Å². The van der Waals surface area contributed by atoms with Gasteiger partial charge in [-0.3, -0.25) is 29.9 Å². The highest BCUT2D eigenvalue weighted by Gasteiger charge is 1.85. The van der Waals surface area contributed by atoms with E-state index in [1.54, 1.807) is 24.8 Å². The highest BCUT2D eigenvalue weighted by atomic mass is 14.8. The van der Waals surface area contributed by atoms with E-state index in [-0.39, 0.29) is 0 Å². The van der Waals surface area contributed by atoms with E-state index in [4.69, 9.17) is 0 Å². The standard InChI is InChI=1S/2C7H9N.3C6H8N2.5C2H6/c1-6-3-7(2)5-8-4-6;1-6-3-4-7(2)8-5-6;1-5-3-8-6(2)4-7-5;1-5-3-7-4-6(2)8-5;1-5-3-7-6(2)8-4-5;5*1-2/h2*3-5H,1-2H3;3*3-4H,1-2H3;5*1-2H3. The molecule has 5 heterocycles. The van der Waals surface area contributed by atoms with E-state index >= 15 is 0 Å². The van der Waals surface area contributed by atoms with Crippen LogP contribution in [0.25, 0.3) is 0 Å². The summed E-state index contributed by atoms with van der Waals surface area (Å²) in [5.41, 5.74) is 9.75. The number of aryl methyl sites for hydroxylation is 10. The SMILES string of the molecule is CC.CC.CC.CC.CC.Cc1ccc(C)nc1.Cc1cnc(C)cn1.Cc1cnc(C)nc1.Cc1cncc(C)c1.Cc1cncc(C)n1. The van der Waals surface area contributed by atoms with Gasteiger partial charge in [-0.25, -0.2) is 9.97 Å². The maximum Gasteiger partial charge on any atom is 0.125 e. The minimum atomic E-state index is 0.829. The van der Waals surface area contributed by atoms with Crippen LogP contribution in [0.4, 0.5) is 0 Å². The van der Waals surface area contributed by atoms with E-state index in [9.17, 15) is 0 Å². The lowest BCUT2D eigenvalue weighted by Crippen LogP contribution is -1.85. The second-order valence-electron chi connectivity index (χ2n) is 9.43. The molecular weight excluding hydrogens is 617 g/mol. The number of rotatable bonds is 0. The second-order valence-corrected chi connectivity index (χ2v) is 9.43. The molecule has 5 rings (SSSR count). The highest BCUT2D eigenvalue weighted by molar-refractivity contribution is 5.14. The van der Waals surface area contributed by atoms with Gasteiger partial charge in [0, 0.05) is 61.5 Å². The van der Waals surface area contributed by atoms with Crippen molar-refractivity contribution in [2.24, 2.45) is 0 Å². The van der Waals surface area contributed by atoms with Crippen molar-refractivity contribution in [1.29, 1.82) is 0 Å². The van der Waals surface area contributed by atoms with E-state index in [0.29, 0.717) is 0 Å². The molecule has 0 N–H and O–H groups in total. The Morgan fingerprint density at radius 2 is 0.660 bits per heavy atom. The minimum Gasteiger partial charge on any atom is -0.264 e. The summed E-state index contributed by atoms with van der Waals surface area (Å²) in [7, 11) is 0. The summed E-state index contributed by atoms with van der Waals surface area (Å²) >= 11 is 0. The first-order valence-electron chi connectivity index (χ1n) is 18.0. The number of pyridine rings is 2. The molecule has 0 saturated carbocycles. The summed E-state index contributed by atoms with van der Waals surface area (Å²) in [6.07, 6.45) is 16.2. The monoisotopic (exact) mass is 689 g/mol. The van der Waals surface area contributed by atoms with Gasteiger partial charge in [-0.15, -0.1) is 0 Å². The third-order valence-corrected chi connectivity index (χ3v) is 4.77. The lowest BCUT2D eigenvalue weighted by molar-refractivity contribution is 1.03. The Kier molecular flexibility index (Phi) is 44.8. The zero-order valence-corrected chi connectivity index (χ0v) is 35.5. The number of nitrogens with zero attached hydrogens (tertiary/aromatic N) is 8. The highest BCUT2D eigenvalue weighted by Crippen LogP contribution is 1.97. The van der Waals surface area contributed by atoms with Crippen LogP contribution in [-0.2, 0) is 0 Å². The van der Waals surface area contributed by atoms with Crippen LogP contribution >= 0.6 is 0 Å². The van der Waals surface area contributed by atoms with Crippen molar-refractivity contribution in [3.05, 3.63) is 131 Å². The molecule has 8 nitrogen and oxygen atoms in total. The van der Waals surface area contributed by atoms with Crippen LogP contribution in [0.5, 0.6) is 0 Å². The Morgan fingerprint density at radius 3 is 0.900 bits per heavy atom. The second kappa shape index (κ2) is 40.7. The van der Waals surface area contributed by atoms with Crippen molar-refractivity contribution in [1.82, 2.24) is 39.9 Å². The molecule has 0 fully saturated rings. The molecule has 5 aromatic rings. The van der Waals surface area contributed by atoms with E-state index in [2.05, 4.69) is 52.0 Å². The smallest absolute Gasteiger partial charge is 0.125 e. The van der Waals surface area contributed by atoms with Crippen LogP contribution in [0, 0.1) is 69.2 Å². The fourth-order valence-corrected chi connectivity index (χ4v) is 2.75. The molecule has 0 atom stereocenters. The third kappa shape index (κ3) is 38.0. The van der Waals surface area contributed by atoms with Crippen LogP contribution < -0.4 is 0 Å². The first kappa shape index (κ1) is 55.0. The van der Waals surface area contributed by atoms with Gasteiger partial charge in [0.25, 0.3) is 0 Å². The summed E-state index contributed by atoms with van der Waals surface area (Å²) in [5.74, 6) is 0.829. The summed E-state index contributed by atoms with van der Waals surface area (Å²) in [6, 6.07) is 6.17. The Morgan fingerprint density at radius 1 is 0.300 bits per heavy atom. The van der Waals surface area contributed by atoms with Gasteiger partial charge in [0.2, 0.25) is 0 Å². The molecule has 0 aliphatic rings. The largest absolute Gasteiger partial charge is 0.264 e. The van der Waals surface area contributed by atoms with Gasteiger partial charge >= 0.3 is 0 Å². The van der Waals surface area contributed by atoms with Crippen molar-refractivity contribution in [2.75, 3.05) is 0 Å². The Bertz CT molecular complexity index is 1130. The first-order valence-corrected chi connectivity index (χ1v) is 18.0. The summed E-state index contributed by atoms with van der Waals surface area (Å²) in [4.78, 5) is 32.1. The number of hydrogen-bond donors (Lipinski definition) is 0. The molecule has 0 aliphatic carbocycles. The van der Waals surface area contributed by atoms with Crippen molar-refractivity contribution >= 4 is 0 Å². The molecule has 0 bridgehead atoms. The zero-order chi connectivity index (χ0) is 39.9. The van der Waals surface area contributed by atoms with Gasteiger partial charge in [-0.1, -0.05) is 81.4 Å². The van der Waals surface area contributed by atoms with Crippen molar-refractivity contribution in [3.8, 4) is 0 Å². The molecular formula is C42H72N8. The van der Waals surface area contributed by atoms with Gasteiger partial charge in [0.15, 0.2) is 0 Å². The molecule has 8 heteroatoms. The van der Waals surface area contributed by atoms with Crippen LogP contribution in [0.3, 0.4) is 0 Å². The van der Waals surface area contributed by atoms with Gasteiger partial charge in [0.1, 0.15) is 5.82 Å². The van der Waals surface area contributed by atoms with E-state index in [0.717, 1.165) is 39.9 Å². The first-order chi connectivity index (χ1) is 23.9. The topological polar surface area (TPSA) is 103 Å². The van der Waals surface area contributed by atoms with Crippen molar-refractivity contribution in [3.63, 3.8) is 0 Å². The predicted octanol–water partition coefficient (Wildman–Crippen LogP) is 11.8. The molecule has 50 heavy (non-hydrogen) atoms. The minimum absolute atomic E-state index is 0.829. The molecule has 280 valence electrons. The van der Waals surface area contributed by atoms with E-state index < -0.39 is 0 Å². The number of hydrogen-bond acceptors (Lipinski definition) is 8. The lowest BCUT2D eigenvalue weighted by atomic mass is 10.2. The summed E-state index contributed by atoms with van der Waals surface area (Å²) in [6.45, 7) is 39.7. The summed E-state index contributed by atoms with van der Waals surface area (Å²) < 4.78 is 0. The van der Waals surface area contributed by atoms with Gasteiger partial charge < -0.3 is 0 Å². The van der Waals surface area contributed by atoms with Crippen molar-refractivity contribution in [2.45, 2.75) is 138 Å². The molecule has 0 spiro atoms. The lowest BCUT2D eigenvalue weighted by Gasteiger charge is -1.89. The van der Waals surface area contributed by atoms with Crippen LogP contribution in [0.2, 0.25) is 0 Å². The summed E-state index contributed by atoms with van der Waals surface area (Å²) in [5, 5.41) is 0. The van der Waals surface area contributed by atoms with Crippen LogP contribution in [-0.4, -0.2) is 39.9 Å². The molecule has 0 radical (unpaired) electrons. The average Bonchev–Trinajstić information content (AvgIpc) is 3.14. The van der Waals surface area contributed by atoms with Crippen molar-refractivity contribution < 1.29 is 0 Å². The van der Waals surface area contributed by atoms with Gasteiger partial charge in [-0.2, -0.15) is 0 Å². The average molecular weight is 689 g/mol.